The first-order valence-corrected chi connectivity index (χ1v) is 11.5. The number of hydrogen-bond acceptors (Lipinski definition) is 6. The van der Waals surface area contributed by atoms with E-state index < -0.39 is 11.8 Å². The summed E-state index contributed by atoms with van der Waals surface area (Å²) in [5.41, 5.74) is 3.71. The summed E-state index contributed by atoms with van der Waals surface area (Å²) >= 11 is 6.58. The van der Waals surface area contributed by atoms with Crippen molar-refractivity contribution in [3.8, 4) is 17.2 Å². The summed E-state index contributed by atoms with van der Waals surface area (Å²) in [5.74, 6) is -0.0144. The van der Waals surface area contributed by atoms with E-state index in [1.807, 2.05) is 0 Å². The third-order valence-electron chi connectivity index (χ3n) is 4.66. The van der Waals surface area contributed by atoms with Crippen LogP contribution < -0.4 is 20.2 Å². The topological polar surface area (TPSA) is 109 Å². The van der Waals surface area contributed by atoms with Gasteiger partial charge >= 0.3 is 0 Å². The van der Waals surface area contributed by atoms with E-state index in [4.69, 9.17) is 9.47 Å². The number of hydrazone groups is 1. The number of nitrogens with one attached hydrogen (secondary N) is 2. The fourth-order valence-corrected chi connectivity index (χ4v) is 4.28. The Bertz CT molecular complexity index is 1310. The summed E-state index contributed by atoms with van der Waals surface area (Å²) in [4.78, 5) is 25.6. The Hall–Kier alpha value is -3.63. The fourth-order valence-electron chi connectivity index (χ4n) is 3.02. The molecule has 1 heterocycles. The second-order valence-electron chi connectivity index (χ2n) is 7.02. The van der Waals surface area contributed by atoms with Gasteiger partial charge < -0.3 is 19.9 Å². The molecule has 0 saturated carbocycles. The molecule has 1 aliphatic rings. The van der Waals surface area contributed by atoms with Gasteiger partial charge in [0.2, 0.25) is 6.79 Å². The van der Waals surface area contributed by atoms with Gasteiger partial charge in [0.1, 0.15) is 11.4 Å². The average Bonchev–Trinajstić information content (AvgIpc) is 3.30. The van der Waals surface area contributed by atoms with Gasteiger partial charge in [0.25, 0.3) is 11.8 Å². The maximum Gasteiger partial charge on any atom is 0.287 e. The molecule has 0 fully saturated rings. The number of phenols is 1. The van der Waals surface area contributed by atoms with Gasteiger partial charge in [-0.05, 0) is 64.0 Å². The molecule has 0 atom stereocenters. The van der Waals surface area contributed by atoms with Crippen LogP contribution in [-0.4, -0.2) is 29.9 Å². The number of amides is 2. The zero-order chi connectivity index (χ0) is 24.1. The second-order valence-corrected chi connectivity index (χ2v) is 8.79. The van der Waals surface area contributed by atoms with Crippen molar-refractivity contribution in [2.75, 3.05) is 6.79 Å². The summed E-state index contributed by atoms with van der Waals surface area (Å²) in [5, 5.41) is 16.7. The Morgan fingerprint density at radius 3 is 2.56 bits per heavy atom. The van der Waals surface area contributed by atoms with Gasteiger partial charge in [-0.25, -0.2) is 5.43 Å². The summed E-state index contributed by atoms with van der Waals surface area (Å²) in [6, 6.07) is 17.0. The minimum Gasteiger partial charge on any atom is -0.506 e. The van der Waals surface area contributed by atoms with E-state index in [0.717, 1.165) is 0 Å². The van der Waals surface area contributed by atoms with E-state index in [1.165, 1.54) is 12.3 Å². The van der Waals surface area contributed by atoms with E-state index in [0.29, 0.717) is 37.1 Å². The summed E-state index contributed by atoms with van der Waals surface area (Å²) < 4.78 is 11.9. The Labute approximate surface area is 211 Å². The van der Waals surface area contributed by atoms with Crippen LogP contribution in [0.5, 0.6) is 17.2 Å². The highest BCUT2D eigenvalue weighted by Gasteiger charge is 2.17. The molecule has 2 amide bonds. The Morgan fingerprint density at radius 1 is 1.00 bits per heavy atom. The lowest BCUT2D eigenvalue weighted by Gasteiger charge is -2.10. The van der Waals surface area contributed by atoms with Crippen LogP contribution in [-0.2, 0) is 4.79 Å². The lowest BCUT2D eigenvalue weighted by atomic mass is 10.1. The summed E-state index contributed by atoms with van der Waals surface area (Å²) in [7, 11) is 0. The number of nitrogens with zero attached hydrogens (tertiary/aromatic N) is 1. The highest BCUT2D eigenvalue weighted by molar-refractivity contribution is 9.11. The molecule has 0 spiro atoms. The van der Waals surface area contributed by atoms with E-state index in [1.54, 1.807) is 60.7 Å². The van der Waals surface area contributed by atoms with Crippen LogP contribution in [0.15, 0.2) is 80.4 Å². The summed E-state index contributed by atoms with van der Waals surface area (Å²) in [6.07, 6.45) is 2.79. The first kappa shape index (κ1) is 23.5. The molecule has 8 nitrogen and oxygen atoms in total. The normalized spacial score (nSPS) is 12.6. The molecule has 3 aromatic rings. The average molecular weight is 587 g/mol. The number of ether oxygens (including phenoxy) is 2. The second kappa shape index (κ2) is 10.5. The van der Waals surface area contributed by atoms with E-state index >= 15 is 0 Å². The Kier molecular flexibility index (Phi) is 7.29. The van der Waals surface area contributed by atoms with Crippen molar-refractivity contribution in [1.82, 2.24) is 10.7 Å². The van der Waals surface area contributed by atoms with Gasteiger partial charge in [-0.3, -0.25) is 9.59 Å². The van der Waals surface area contributed by atoms with Gasteiger partial charge in [-0.1, -0.05) is 40.2 Å². The van der Waals surface area contributed by atoms with E-state index in [2.05, 4.69) is 47.7 Å². The molecular formula is C24H17Br2N3O5. The van der Waals surface area contributed by atoms with E-state index in [9.17, 15) is 14.7 Å². The van der Waals surface area contributed by atoms with Crippen molar-refractivity contribution in [3.05, 3.63) is 92.0 Å². The zero-order valence-corrected chi connectivity index (χ0v) is 20.6. The van der Waals surface area contributed by atoms with Crippen molar-refractivity contribution in [1.29, 1.82) is 0 Å². The predicted octanol–water partition coefficient (Wildman–Crippen LogP) is 4.57. The van der Waals surface area contributed by atoms with Crippen LogP contribution in [0.1, 0.15) is 21.5 Å². The monoisotopic (exact) mass is 585 g/mol. The molecule has 10 heteroatoms. The highest BCUT2D eigenvalue weighted by Crippen LogP contribution is 2.33. The van der Waals surface area contributed by atoms with Gasteiger partial charge in [0.15, 0.2) is 11.5 Å². The number of carbonyl (C=O) groups is 2. The third kappa shape index (κ3) is 5.64. The molecule has 0 radical (unpaired) electrons. The molecule has 0 aliphatic carbocycles. The van der Waals surface area contributed by atoms with Crippen molar-refractivity contribution >= 4 is 56.0 Å². The Morgan fingerprint density at radius 2 is 1.76 bits per heavy atom. The van der Waals surface area contributed by atoms with Crippen LogP contribution in [0, 0.1) is 0 Å². The number of rotatable bonds is 6. The van der Waals surface area contributed by atoms with Crippen LogP contribution in [0.25, 0.3) is 6.08 Å². The van der Waals surface area contributed by atoms with Crippen LogP contribution in [0.2, 0.25) is 0 Å². The van der Waals surface area contributed by atoms with Crippen molar-refractivity contribution in [3.63, 3.8) is 0 Å². The predicted molar refractivity (Wildman–Crippen MR) is 134 cm³/mol. The smallest absolute Gasteiger partial charge is 0.287 e. The fraction of sp³-hybridized carbons (Fsp3) is 0.0417. The molecule has 0 unspecified atom stereocenters. The quantitative estimate of drug-likeness (QED) is 0.223. The number of aromatic hydroxyl groups is 1. The molecule has 3 aromatic carbocycles. The van der Waals surface area contributed by atoms with Crippen molar-refractivity contribution < 1.29 is 24.2 Å². The molecule has 4 rings (SSSR count). The maximum absolute atomic E-state index is 12.9. The van der Waals surface area contributed by atoms with Crippen LogP contribution >= 0.6 is 31.9 Å². The number of benzene rings is 3. The SMILES string of the molecule is O=C(NN=Cc1cc(Br)cc(Br)c1O)C(=Cc1ccc2c(c1)OCO2)NC(=O)c1ccccc1. The Balaban J connectivity index is 1.58. The van der Waals surface area contributed by atoms with E-state index in [-0.39, 0.29) is 18.2 Å². The van der Waals surface area contributed by atoms with Crippen molar-refractivity contribution in [2.45, 2.75) is 0 Å². The summed E-state index contributed by atoms with van der Waals surface area (Å²) in [6.45, 7) is 0.119. The minimum absolute atomic E-state index is 0.0327. The standard InChI is InChI=1S/C24H17Br2N3O5/c25-17-10-16(22(30)18(26)11-17)12-27-29-24(32)19(28-23(31)15-4-2-1-3-5-15)8-14-6-7-20-21(9-14)34-13-33-20/h1-12,30H,13H2,(H,28,31)(H,29,32). The minimum atomic E-state index is -0.660. The maximum atomic E-state index is 12.9. The third-order valence-corrected chi connectivity index (χ3v) is 5.73. The molecule has 0 saturated heterocycles. The van der Waals surface area contributed by atoms with Gasteiger partial charge in [0.05, 0.1) is 10.7 Å². The molecule has 3 N–H and O–H groups in total. The zero-order valence-electron chi connectivity index (χ0n) is 17.4. The van der Waals surface area contributed by atoms with Crippen molar-refractivity contribution in [2.24, 2.45) is 5.10 Å². The van der Waals surface area contributed by atoms with Gasteiger partial charge in [-0.2, -0.15) is 5.10 Å². The largest absolute Gasteiger partial charge is 0.506 e. The number of halogens is 2. The number of phenolic OH excluding ortho intramolecular Hbond substituents is 1. The van der Waals surface area contributed by atoms with Crippen LogP contribution in [0.4, 0.5) is 0 Å². The molecule has 0 bridgehead atoms. The molecule has 0 aromatic heterocycles. The molecule has 34 heavy (non-hydrogen) atoms. The number of hydrogen-bond donors (Lipinski definition) is 3. The highest BCUT2D eigenvalue weighted by atomic mass is 79.9. The van der Waals surface area contributed by atoms with Gasteiger partial charge in [0, 0.05) is 15.6 Å². The molecule has 1 aliphatic heterocycles. The number of carbonyl (C=O) groups excluding carboxylic acids is 2. The van der Waals surface area contributed by atoms with Crippen LogP contribution in [0.3, 0.4) is 0 Å². The lowest BCUT2D eigenvalue weighted by Crippen LogP contribution is -2.32. The first-order valence-electron chi connectivity index (χ1n) is 9.90. The number of fused-ring (bicyclic) bond motifs is 1. The molecular weight excluding hydrogens is 570 g/mol. The first-order chi connectivity index (χ1) is 16.4. The van der Waals surface area contributed by atoms with Gasteiger partial charge in [-0.15, -0.1) is 0 Å². The molecule has 172 valence electrons. The lowest BCUT2D eigenvalue weighted by molar-refractivity contribution is -0.117.